The summed E-state index contributed by atoms with van der Waals surface area (Å²) in [5.41, 5.74) is -0.263. The molecule has 0 N–H and O–H groups in total. The number of benzene rings is 1. The van der Waals surface area contributed by atoms with E-state index in [-0.39, 0.29) is 27.4 Å². The summed E-state index contributed by atoms with van der Waals surface area (Å²) in [7, 11) is 1.27. The summed E-state index contributed by atoms with van der Waals surface area (Å²) in [6.45, 7) is 0. The van der Waals surface area contributed by atoms with Crippen LogP contribution in [0.15, 0.2) is 12.1 Å². The van der Waals surface area contributed by atoms with E-state index >= 15 is 0 Å². The van der Waals surface area contributed by atoms with Crippen LogP contribution in [0.5, 0.6) is 5.88 Å². The van der Waals surface area contributed by atoms with E-state index in [0.717, 1.165) is 6.07 Å². The standard InChI is InChI=1S/C11H6ClF2NO2/c1-17-11-8(12)6(4-16)5-2-3-7(13)9(14)10(5)15-11/h2-4H,1H3. The Labute approximate surface area is 100.0 Å². The lowest BCUT2D eigenvalue weighted by Gasteiger charge is -2.08. The van der Waals surface area contributed by atoms with E-state index < -0.39 is 11.6 Å². The van der Waals surface area contributed by atoms with Gasteiger partial charge in [-0.15, -0.1) is 0 Å². The lowest BCUT2D eigenvalue weighted by Crippen LogP contribution is -1.98. The summed E-state index contributed by atoms with van der Waals surface area (Å²) in [5, 5.41) is 0.116. The molecule has 1 aromatic carbocycles. The van der Waals surface area contributed by atoms with Crippen LogP contribution in [-0.4, -0.2) is 18.4 Å². The zero-order valence-electron chi connectivity index (χ0n) is 8.63. The molecule has 1 aromatic heterocycles. The van der Waals surface area contributed by atoms with E-state index in [2.05, 4.69) is 4.98 Å². The highest BCUT2D eigenvalue weighted by atomic mass is 35.5. The van der Waals surface area contributed by atoms with Crippen molar-refractivity contribution in [3.05, 3.63) is 34.4 Å². The number of halogens is 3. The summed E-state index contributed by atoms with van der Waals surface area (Å²) in [4.78, 5) is 14.7. The number of ether oxygens (including phenoxy) is 1. The Morgan fingerprint density at radius 2 is 2.12 bits per heavy atom. The zero-order valence-corrected chi connectivity index (χ0v) is 9.39. The Hall–Kier alpha value is -1.75. The number of rotatable bonds is 2. The lowest BCUT2D eigenvalue weighted by molar-refractivity contribution is 0.112. The molecule has 0 saturated carbocycles. The largest absolute Gasteiger partial charge is 0.480 e. The molecule has 0 unspecified atom stereocenters. The number of pyridine rings is 1. The van der Waals surface area contributed by atoms with Crippen LogP contribution in [0.25, 0.3) is 10.9 Å². The van der Waals surface area contributed by atoms with Crippen LogP contribution in [0.2, 0.25) is 5.02 Å². The van der Waals surface area contributed by atoms with E-state index in [1.807, 2.05) is 0 Å². The number of methoxy groups -OCH3 is 1. The van der Waals surface area contributed by atoms with Crippen molar-refractivity contribution in [2.45, 2.75) is 0 Å². The fourth-order valence-corrected chi connectivity index (χ4v) is 1.77. The van der Waals surface area contributed by atoms with E-state index in [1.54, 1.807) is 0 Å². The van der Waals surface area contributed by atoms with Crippen LogP contribution in [0.4, 0.5) is 8.78 Å². The Morgan fingerprint density at radius 3 is 2.71 bits per heavy atom. The van der Waals surface area contributed by atoms with Gasteiger partial charge in [0.15, 0.2) is 17.9 Å². The van der Waals surface area contributed by atoms with Crippen LogP contribution in [0.1, 0.15) is 10.4 Å². The van der Waals surface area contributed by atoms with Gasteiger partial charge in [0.2, 0.25) is 5.88 Å². The van der Waals surface area contributed by atoms with Crippen molar-refractivity contribution in [2.75, 3.05) is 7.11 Å². The van der Waals surface area contributed by atoms with Crippen molar-refractivity contribution in [1.82, 2.24) is 4.98 Å². The molecule has 0 bridgehead atoms. The summed E-state index contributed by atoms with van der Waals surface area (Å²) in [6, 6.07) is 2.16. The van der Waals surface area contributed by atoms with Gasteiger partial charge in [0, 0.05) is 10.9 Å². The highest BCUT2D eigenvalue weighted by molar-refractivity contribution is 6.35. The summed E-state index contributed by atoms with van der Waals surface area (Å²) in [5.74, 6) is -2.31. The third kappa shape index (κ3) is 1.72. The van der Waals surface area contributed by atoms with Crippen molar-refractivity contribution in [2.24, 2.45) is 0 Å². The number of carbonyl (C=O) groups excluding carboxylic acids is 1. The Kier molecular flexibility index (Phi) is 2.93. The molecule has 3 nitrogen and oxygen atoms in total. The molecular weight excluding hydrogens is 252 g/mol. The number of carbonyl (C=O) groups is 1. The van der Waals surface area contributed by atoms with Crippen LogP contribution in [0, 0.1) is 11.6 Å². The molecule has 0 aliphatic heterocycles. The monoisotopic (exact) mass is 257 g/mol. The van der Waals surface area contributed by atoms with Gasteiger partial charge in [-0.3, -0.25) is 4.79 Å². The molecule has 0 amide bonds. The average molecular weight is 258 g/mol. The first-order valence-corrected chi connectivity index (χ1v) is 4.94. The second kappa shape index (κ2) is 4.25. The predicted octanol–water partition coefficient (Wildman–Crippen LogP) is 2.99. The third-order valence-corrected chi connectivity index (χ3v) is 2.67. The molecule has 17 heavy (non-hydrogen) atoms. The SMILES string of the molecule is COc1nc2c(F)c(F)ccc2c(C=O)c1Cl. The maximum Gasteiger partial charge on any atom is 0.233 e. The van der Waals surface area contributed by atoms with Crippen LogP contribution >= 0.6 is 11.6 Å². The second-order valence-corrected chi connectivity index (χ2v) is 3.60. The number of nitrogens with zero attached hydrogens (tertiary/aromatic N) is 1. The molecule has 0 aliphatic carbocycles. The number of hydrogen-bond acceptors (Lipinski definition) is 3. The molecule has 0 radical (unpaired) electrons. The van der Waals surface area contributed by atoms with E-state index in [0.29, 0.717) is 6.29 Å². The first-order chi connectivity index (χ1) is 8.10. The Bertz CT molecular complexity index is 616. The van der Waals surface area contributed by atoms with Gasteiger partial charge in [-0.2, -0.15) is 0 Å². The van der Waals surface area contributed by atoms with Gasteiger partial charge in [-0.05, 0) is 12.1 Å². The van der Waals surface area contributed by atoms with Crippen molar-refractivity contribution >= 4 is 28.8 Å². The fourth-order valence-electron chi connectivity index (χ4n) is 1.50. The zero-order chi connectivity index (χ0) is 12.6. The Balaban J connectivity index is 2.97. The molecule has 88 valence electrons. The number of hydrogen-bond donors (Lipinski definition) is 0. The molecule has 0 saturated heterocycles. The molecule has 6 heteroatoms. The van der Waals surface area contributed by atoms with Crippen molar-refractivity contribution in [1.29, 1.82) is 0 Å². The van der Waals surface area contributed by atoms with Gasteiger partial charge in [0.05, 0.1) is 7.11 Å². The maximum absolute atomic E-state index is 13.5. The molecule has 0 fully saturated rings. The molecular formula is C11H6ClF2NO2. The molecule has 2 aromatic rings. The van der Waals surface area contributed by atoms with Gasteiger partial charge in [-0.25, -0.2) is 13.8 Å². The molecule has 0 atom stereocenters. The first kappa shape index (κ1) is 11.7. The predicted molar refractivity (Wildman–Crippen MR) is 58.6 cm³/mol. The first-order valence-electron chi connectivity index (χ1n) is 4.56. The van der Waals surface area contributed by atoms with Crippen LogP contribution in [-0.2, 0) is 0 Å². The summed E-state index contributed by atoms with van der Waals surface area (Å²) in [6.07, 6.45) is 0.451. The fraction of sp³-hybridized carbons (Fsp3) is 0.0909. The minimum Gasteiger partial charge on any atom is -0.480 e. The topological polar surface area (TPSA) is 39.2 Å². The van der Waals surface area contributed by atoms with E-state index in [4.69, 9.17) is 16.3 Å². The van der Waals surface area contributed by atoms with E-state index in [1.165, 1.54) is 13.2 Å². The second-order valence-electron chi connectivity index (χ2n) is 3.22. The van der Waals surface area contributed by atoms with Gasteiger partial charge in [-0.1, -0.05) is 11.6 Å². The van der Waals surface area contributed by atoms with Crippen molar-refractivity contribution in [3.8, 4) is 5.88 Å². The van der Waals surface area contributed by atoms with Gasteiger partial charge in [0.1, 0.15) is 10.5 Å². The number of aldehydes is 1. The van der Waals surface area contributed by atoms with Crippen molar-refractivity contribution in [3.63, 3.8) is 0 Å². The van der Waals surface area contributed by atoms with Crippen LogP contribution in [0.3, 0.4) is 0 Å². The number of aromatic nitrogens is 1. The number of fused-ring (bicyclic) bond motifs is 1. The van der Waals surface area contributed by atoms with Crippen LogP contribution < -0.4 is 4.74 Å². The third-order valence-electron chi connectivity index (χ3n) is 2.31. The molecule has 1 heterocycles. The van der Waals surface area contributed by atoms with Gasteiger partial charge in [0.25, 0.3) is 0 Å². The normalized spacial score (nSPS) is 10.6. The highest BCUT2D eigenvalue weighted by Crippen LogP contribution is 2.32. The maximum atomic E-state index is 13.5. The lowest BCUT2D eigenvalue weighted by atomic mass is 10.1. The summed E-state index contributed by atoms with van der Waals surface area (Å²) < 4.78 is 31.4. The Morgan fingerprint density at radius 1 is 1.41 bits per heavy atom. The average Bonchev–Trinajstić information content (AvgIpc) is 2.33. The quantitative estimate of drug-likeness (QED) is 0.777. The smallest absolute Gasteiger partial charge is 0.233 e. The van der Waals surface area contributed by atoms with Gasteiger partial charge >= 0.3 is 0 Å². The minimum absolute atomic E-state index is 0.0208. The van der Waals surface area contributed by atoms with Gasteiger partial charge < -0.3 is 4.74 Å². The molecule has 0 aliphatic rings. The minimum atomic E-state index is -1.14. The molecule has 2 rings (SSSR count). The summed E-state index contributed by atoms with van der Waals surface area (Å²) >= 11 is 5.85. The molecule has 0 spiro atoms. The highest BCUT2D eigenvalue weighted by Gasteiger charge is 2.17. The van der Waals surface area contributed by atoms with Crippen molar-refractivity contribution < 1.29 is 18.3 Å². The van der Waals surface area contributed by atoms with E-state index in [9.17, 15) is 13.6 Å².